The number of hydrogen-bond donors (Lipinski definition) is 1. The number of fused-ring (bicyclic) bond motifs is 1. The van der Waals surface area contributed by atoms with Crippen molar-refractivity contribution in [1.82, 2.24) is 9.88 Å². The Hall–Kier alpha value is -1.99. The molecule has 1 saturated heterocycles. The van der Waals surface area contributed by atoms with Crippen LogP contribution in [-0.4, -0.2) is 64.9 Å². The lowest BCUT2D eigenvalue weighted by Crippen LogP contribution is -2.53. The molecule has 3 rings (SSSR count). The van der Waals surface area contributed by atoms with E-state index in [1.165, 1.54) is 0 Å². The fourth-order valence-corrected chi connectivity index (χ4v) is 4.11. The third-order valence-corrected chi connectivity index (χ3v) is 5.48. The van der Waals surface area contributed by atoms with E-state index in [1.54, 1.807) is 25.4 Å². The number of amides is 1. The van der Waals surface area contributed by atoms with Crippen LogP contribution < -0.4 is 0 Å². The van der Waals surface area contributed by atoms with Crippen molar-refractivity contribution in [3.05, 3.63) is 29.6 Å². The molecule has 0 radical (unpaired) electrons. The van der Waals surface area contributed by atoms with Crippen molar-refractivity contribution in [2.75, 3.05) is 20.3 Å². The molecule has 2 aliphatic rings. The zero-order chi connectivity index (χ0) is 18.0. The highest BCUT2D eigenvalue weighted by molar-refractivity contribution is 5.95. The molecule has 1 saturated carbocycles. The van der Waals surface area contributed by atoms with Gasteiger partial charge in [-0.1, -0.05) is 0 Å². The highest BCUT2D eigenvalue weighted by Crippen LogP contribution is 2.43. The number of rotatable bonds is 5. The third kappa shape index (κ3) is 3.39. The lowest BCUT2D eigenvalue weighted by Gasteiger charge is -2.43. The lowest BCUT2D eigenvalue weighted by molar-refractivity contribution is -0.148. The number of likely N-dealkylation sites (tertiary alicyclic amines) is 1. The van der Waals surface area contributed by atoms with Gasteiger partial charge in [-0.2, -0.15) is 0 Å². The highest BCUT2D eigenvalue weighted by atomic mass is 16.5. The fraction of sp³-hybridized carbons (Fsp3) is 0.611. The van der Waals surface area contributed by atoms with E-state index in [1.807, 2.05) is 11.8 Å². The Morgan fingerprint density at radius 2 is 2.24 bits per heavy atom. The Kier molecular flexibility index (Phi) is 5.06. The number of aromatic nitrogens is 1. The van der Waals surface area contributed by atoms with Gasteiger partial charge in [0.2, 0.25) is 0 Å². The van der Waals surface area contributed by atoms with Gasteiger partial charge in [0.1, 0.15) is 6.61 Å². The van der Waals surface area contributed by atoms with Gasteiger partial charge in [0.25, 0.3) is 5.91 Å². The van der Waals surface area contributed by atoms with E-state index < -0.39 is 5.97 Å². The molecule has 1 aliphatic carbocycles. The van der Waals surface area contributed by atoms with Gasteiger partial charge < -0.3 is 19.5 Å². The van der Waals surface area contributed by atoms with E-state index in [-0.39, 0.29) is 30.3 Å². The first kappa shape index (κ1) is 17.8. The molecule has 0 bridgehead atoms. The van der Waals surface area contributed by atoms with Crippen LogP contribution in [0.15, 0.2) is 18.3 Å². The average Bonchev–Trinajstić information content (AvgIpc) is 2.99. The van der Waals surface area contributed by atoms with Gasteiger partial charge in [0, 0.05) is 25.5 Å². The summed E-state index contributed by atoms with van der Waals surface area (Å²) in [7, 11) is 1.69. The Morgan fingerprint density at radius 1 is 1.44 bits per heavy atom. The Balaban J connectivity index is 1.80. The van der Waals surface area contributed by atoms with Crippen LogP contribution in [0.25, 0.3) is 0 Å². The van der Waals surface area contributed by atoms with Crippen molar-refractivity contribution in [2.24, 2.45) is 0 Å². The summed E-state index contributed by atoms with van der Waals surface area (Å²) in [5.41, 5.74) is 0.939. The van der Waals surface area contributed by atoms with Crippen LogP contribution in [0.2, 0.25) is 0 Å². The maximum Gasteiger partial charge on any atom is 0.329 e. The molecule has 0 spiro atoms. The number of aryl methyl sites for hydroxylation is 1. The zero-order valence-corrected chi connectivity index (χ0v) is 14.6. The minimum Gasteiger partial charge on any atom is -0.480 e. The number of carbonyl (C=O) groups excluding carboxylic acids is 1. The van der Waals surface area contributed by atoms with Gasteiger partial charge in [-0.15, -0.1) is 0 Å². The first-order valence-corrected chi connectivity index (χ1v) is 8.58. The van der Waals surface area contributed by atoms with Crippen molar-refractivity contribution < 1.29 is 24.2 Å². The monoisotopic (exact) mass is 348 g/mol. The summed E-state index contributed by atoms with van der Waals surface area (Å²) in [4.78, 5) is 29.9. The average molecular weight is 348 g/mol. The van der Waals surface area contributed by atoms with Crippen LogP contribution in [-0.2, 0) is 14.3 Å². The van der Waals surface area contributed by atoms with Gasteiger partial charge in [0.05, 0.1) is 23.3 Å². The minimum atomic E-state index is -0.978. The normalized spacial score (nSPS) is 28.6. The number of carboxylic acids is 1. The van der Waals surface area contributed by atoms with Crippen LogP contribution in [0, 0.1) is 6.92 Å². The van der Waals surface area contributed by atoms with E-state index in [4.69, 9.17) is 14.6 Å². The van der Waals surface area contributed by atoms with Crippen LogP contribution in [0.5, 0.6) is 0 Å². The van der Waals surface area contributed by atoms with Crippen LogP contribution >= 0.6 is 0 Å². The van der Waals surface area contributed by atoms with Gasteiger partial charge in [-0.05, 0) is 44.7 Å². The molecule has 1 amide bonds. The molecule has 136 valence electrons. The maximum absolute atomic E-state index is 13.0. The standard InChI is InChI=1S/C18H24N2O5/c1-12-14(4-3-8-19-12)17(23)20-9-7-18(24-2)6-5-13(10-15(18)20)25-11-16(21)22/h3-4,8,13,15H,5-7,9-11H2,1-2H3,(H,21,22)/t13-,15+,18-/m1/s1. The second-order valence-electron chi connectivity index (χ2n) is 6.77. The van der Waals surface area contributed by atoms with Gasteiger partial charge in [-0.3, -0.25) is 9.78 Å². The summed E-state index contributed by atoms with van der Waals surface area (Å²) in [6.45, 7) is 2.14. The third-order valence-electron chi connectivity index (χ3n) is 5.48. The fourth-order valence-electron chi connectivity index (χ4n) is 4.11. The Bertz CT molecular complexity index is 665. The molecule has 3 atom stereocenters. The molecule has 1 aromatic rings. The van der Waals surface area contributed by atoms with E-state index in [2.05, 4.69) is 4.98 Å². The summed E-state index contributed by atoms with van der Waals surface area (Å²) >= 11 is 0. The number of ether oxygens (including phenoxy) is 2. The molecule has 1 N–H and O–H groups in total. The van der Waals surface area contributed by atoms with Crippen molar-refractivity contribution in [2.45, 2.75) is 50.4 Å². The van der Waals surface area contributed by atoms with E-state index in [0.29, 0.717) is 24.2 Å². The molecule has 25 heavy (non-hydrogen) atoms. The second kappa shape index (κ2) is 7.09. The summed E-state index contributed by atoms with van der Waals surface area (Å²) in [6, 6.07) is 3.44. The van der Waals surface area contributed by atoms with Crippen LogP contribution in [0.3, 0.4) is 0 Å². The Labute approximate surface area is 146 Å². The molecule has 2 heterocycles. The zero-order valence-electron chi connectivity index (χ0n) is 14.6. The van der Waals surface area contributed by atoms with Crippen molar-refractivity contribution in [3.8, 4) is 0 Å². The molecular formula is C18H24N2O5. The molecule has 0 aromatic carbocycles. The predicted molar refractivity (Wildman–Crippen MR) is 89.4 cm³/mol. The predicted octanol–water partition coefficient (Wildman–Crippen LogP) is 1.64. The number of hydrogen-bond acceptors (Lipinski definition) is 5. The van der Waals surface area contributed by atoms with Crippen LogP contribution in [0.1, 0.15) is 41.7 Å². The quantitative estimate of drug-likeness (QED) is 0.870. The highest BCUT2D eigenvalue weighted by Gasteiger charge is 2.53. The summed E-state index contributed by atoms with van der Waals surface area (Å²) in [5, 5.41) is 8.83. The maximum atomic E-state index is 13.0. The van der Waals surface area contributed by atoms with Crippen molar-refractivity contribution in [3.63, 3.8) is 0 Å². The molecule has 7 nitrogen and oxygen atoms in total. The van der Waals surface area contributed by atoms with E-state index in [9.17, 15) is 9.59 Å². The van der Waals surface area contributed by atoms with Crippen LogP contribution in [0.4, 0.5) is 0 Å². The Morgan fingerprint density at radius 3 is 2.92 bits per heavy atom. The minimum absolute atomic E-state index is 0.0478. The smallest absolute Gasteiger partial charge is 0.329 e. The number of carbonyl (C=O) groups is 2. The molecule has 1 aromatic heterocycles. The van der Waals surface area contributed by atoms with Gasteiger partial charge in [0.15, 0.2) is 0 Å². The first-order chi connectivity index (χ1) is 12.0. The largest absolute Gasteiger partial charge is 0.480 e. The van der Waals surface area contributed by atoms with Crippen molar-refractivity contribution in [1.29, 1.82) is 0 Å². The molecule has 7 heteroatoms. The summed E-state index contributed by atoms with van der Waals surface area (Å²) < 4.78 is 11.3. The first-order valence-electron chi connectivity index (χ1n) is 8.58. The van der Waals surface area contributed by atoms with E-state index in [0.717, 1.165) is 19.3 Å². The topological polar surface area (TPSA) is 89.0 Å². The number of nitrogens with zero attached hydrogens (tertiary/aromatic N) is 2. The van der Waals surface area contributed by atoms with Gasteiger partial charge in [-0.25, -0.2) is 4.79 Å². The second-order valence-corrected chi connectivity index (χ2v) is 6.77. The lowest BCUT2D eigenvalue weighted by atomic mass is 9.79. The molecule has 2 fully saturated rings. The number of carboxylic acid groups (broad SMARTS) is 1. The summed E-state index contributed by atoms with van der Waals surface area (Å²) in [6.07, 6.45) is 4.37. The molecular weight excluding hydrogens is 324 g/mol. The SMILES string of the molecule is CO[C@@]12CC[C@@H](OCC(=O)O)C[C@@H]1N(C(=O)c1cccnc1C)CC2. The van der Waals surface area contributed by atoms with Crippen molar-refractivity contribution >= 4 is 11.9 Å². The summed E-state index contributed by atoms with van der Waals surface area (Å²) in [5.74, 6) is -1.03. The number of methoxy groups -OCH3 is 1. The van der Waals surface area contributed by atoms with Gasteiger partial charge >= 0.3 is 5.97 Å². The van der Waals surface area contributed by atoms with E-state index >= 15 is 0 Å². The number of aliphatic carboxylic acids is 1. The molecule has 1 aliphatic heterocycles. The molecule has 0 unspecified atom stereocenters. The number of pyridine rings is 1.